The SMILES string of the molecule is COc1ccc(OC)c(CN2CCN(C(=O)c3cc(-c4ccccc4F)nc4onc(C)c34)CC2)c1. The molecule has 4 aromatic rings. The first-order chi connectivity index (χ1) is 17.5. The van der Waals surface area contributed by atoms with Gasteiger partial charge in [-0.05, 0) is 43.3 Å². The largest absolute Gasteiger partial charge is 0.497 e. The maximum Gasteiger partial charge on any atom is 0.259 e. The van der Waals surface area contributed by atoms with Gasteiger partial charge < -0.3 is 18.9 Å². The summed E-state index contributed by atoms with van der Waals surface area (Å²) in [7, 11) is 3.29. The fourth-order valence-corrected chi connectivity index (χ4v) is 4.60. The van der Waals surface area contributed by atoms with Gasteiger partial charge in [-0.2, -0.15) is 0 Å². The van der Waals surface area contributed by atoms with Crippen molar-refractivity contribution in [3.05, 3.63) is 71.2 Å². The van der Waals surface area contributed by atoms with Crippen LogP contribution < -0.4 is 9.47 Å². The Kier molecular flexibility index (Phi) is 6.56. The number of carbonyl (C=O) groups excluding carboxylic acids is 1. The molecule has 0 saturated carbocycles. The molecule has 0 unspecified atom stereocenters. The van der Waals surface area contributed by atoms with E-state index in [0.29, 0.717) is 60.6 Å². The Labute approximate surface area is 208 Å². The second-order valence-corrected chi connectivity index (χ2v) is 8.73. The number of aryl methyl sites for hydroxylation is 1. The molecule has 0 N–H and O–H groups in total. The van der Waals surface area contributed by atoms with E-state index < -0.39 is 5.82 Å². The van der Waals surface area contributed by atoms with Crippen LogP contribution in [0.4, 0.5) is 4.39 Å². The summed E-state index contributed by atoms with van der Waals surface area (Å²) in [6.07, 6.45) is 0. The number of pyridine rings is 1. The smallest absolute Gasteiger partial charge is 0.259 e. The zero-order chi connectivity index (χ0) is 25.2. The number of halogens is 1. The number of benzene rings is 2. The van der Waals surface area contributed by atoms with E-state index in [1.807, 2.05) is 23.1 Å². The number of methoxy groups -OCH3 is 2. The number of hydrogen-bond acceptors (Lipinski definition) is 7. The minimum Gasteiger partial charge on any atom is -0.497 e. The molecule has 0 radical (unpaired) electrons. The van der Waals surface area contributed by atoms with Gasteiger partial charge in [-0.25, -0.2) is 9.37 Å². The summed E-state index contributed by atoms with van der Waals surface area (Å²) in [5.74, 6) is 1.01. The Morgan fingerprint density at radius 2 is 1.83 bits per heavy atom. The van der Waals surface area contributed by atoms with Crippen molar-refractivity contribution in [2.24, 2.45) is 0 Å². The van der Waals surface area contributed by atoms with Gasteiger partial charge in [0, 0.05) is 43.9 Å². The summed E-state index contributed by atoms with van der Waals surface area (Å²) >= 11 is 0. The van der Waals surface area contributed by atoms with E-state index in [4.69, 9.17) is 14.0 Å². The lowest BCUT2D eigenvalue weighted by Gasteiger charge is -2.35. The van der Waals surface area contributed by atoms with E-state index >= 15 is 0 Å². The molecule has 36 heavy (non-hydrogen) atoms. The van der Waals surface area contributed by atoms with Crippen molar-refractivity contribution in [1.29, 1.82) is 0 Å². The van der Waals surface area contributed by atoms with E-state index in [0.717, 1.165) is 17.1 Å². The molecule has 1 aliphatic rings. The molecule has 3 heterocycles. The molecule has 0 bridgehead atoms. The van der Waals surface area contributed by atoms with E-state index in [9.17, 15) is 9.18 Å². The van der Waals surface area contributed by atoms with Crippen molar-refractivity contribution < 1.29 is 23.2 Å². The molecule has 5 rings (SSSR count). The number of amides is 1. The van der Waals surface area contributed by atoms with Crippen LogP contribution in [0.2, 0.25) is 0 Å². The van der Waals surface area contributed by atoms with Crippen molar-refractivity contribution in [2.75, 3.05) is 40.4 Å². The van der Waals surface area contributed by atoms with Gasteiger partial charge in [0.25, 0.3) is 11.6 Å². The number of hydrogen-bond donors (Lipinski definition) is 0. The predicted molar refractivity (Wildman–Crippen MR) is 133 cm³/mol. The summed E-state index contributed by atoms with van der Waals surface area (Å²) in [6.45, 7) is 4.95. The summed E-state index contributed by atoms with van der Waals surface area (Å²) in [5, 5.41) is 4.56. The molecule has 1 aliphatic heterocycles. The first-order valence-corrected chi connectivity index (χ1v) is 11.7. The van der Waals surface area contributed by atoms with Gasteiger partial charge in [0.15, 0.2) is 0 Å². The molecule has 2 aromatic heterocycles. The van der Waals surface area contributed by atoms with Crippen LogP contribution in [-0.4, -0.2) is 66.2 Å². The topological polar surface area (TPSA) is 80.9 Å². The normalized spacial score (nSPS) is 14.3. The number of aromatic nitrogens is 2. The number of carbonyl (C=O) groups is 1. The average molecular weight is 491 g/mol. The third-order valence-corrected chi connectivity index (χ3v) is 6.54. The highest BCUT2D eigenvalue weighted by Gasteiger charge is 2.27. The molecule has 1 amide bonds. The molecule has 186 valence electrons. The third-order valence-electron chi connectivity index (χ3n) is 6.54. The Morgan fingerprint density at radius 1 is 1.06 bits per heavy atom. The number of rotatable bonds is 6. The predicted octanol–water partition coefficient (Wildman–Crippen LogP) is 4.31. The zero-order valence-corrected chi connectivity index (χ0v) is 20.5. The first-order valence-electron chi connectivity index (χ1n) is 11.7. The van der Waals surface area contributed by atoms with Crippen LogP contribution in [0.1, 0.15) is 21.6 Å². The summed E-state index contributed by atoms with van der Waals surface area (Å²) < 4.78 is 30.7. The van der Waals surface area contributed by atoms with Crippen LogP contribution in [0.25, 0.3) is 22.4 Å². The van der Waals surface area contributed by atoms with Gasteiger partial charge in [0.1, 0.15) is 17.3 Å². The summed E-state index contributed by atoms with van der Waals surface area (Å²) in [6, 6.07) is 13.7. The van der Waals surface area contributed by atoms with Crippen LogP contribution in [0.3, 0.4) is 0 Å². The molecular weight excluding hydrogens is 463 g/mol. The lowest BCUT2D eigenvalue weighted by Crippen LogP contribution is -2.48. The molecule has 9 heteroatoms. The molecule has 2 aromatic carbocycles. The minimum absolute atomic E-state index is 0.148. The Balaban J connectivity index is 1.37. The molecule has 1 saturated heterocycles. The number of fused-ring (bicyclic) bond motifs is 1. The number of nitrogens with zero attached hydrogens (tertiary/aromatic N) is 4. The van der Waals surface area contributed by atoms with Crippen LogP contribution in [0.5, 0.6) is 11.5 Å². The van der Waals surface area contributed by atoms with Crippen LogP contribution in [-0.2, 0) is 6.54 Å². The second-order valence-electron chi connectivity index (χ2n) is 8.73. The fourth-order valence-electron chi connectivity index (χ4n) is 4.60. The molecule has 0 aliphatic carbocycles. The molecule has 1 fully saturated rings. The van der Waals surface area contributed by atoms with Gasteiger partial charge in [-0.3, -0.25) is 9.69 Å². The summed E-state index contributed by atoms with van der Waals surface area (Å²) in [4.78, 5) is 22.2. The highest BCUT2D eigenvalue weighted by molar-refractivity contribution is 6.07. The Bertz CT molecular complexity index is 1410. The zero-order valence-electron chi connectivity index (χ0n) is 20.5. The monoisotopic (exact) mass is 490 g/mol. The van der Waals surface area contributed by atoms with Crippen molar-refractivity contribution in [3.8, 4) is 22.8 Å². The highest BCUT2D eigenvalue weighted by Crippen LogP contribution is 2.30. The lowest BCUT2D eigenvalue weighted by atomic mass is 10.0. The molecular formula is C27H27FN4O4. The van der Waals surface area contributed by atoms with Gasteiger partial charge in [0.2, 0.25) is 0 Å². The Morgan fingerprint density at radius 3 is 2.56 bits per heavy atom. The molecule has 8 nitrogen and oxygen atoms in total. The van der Waals surface area contributed by atoms with Crippen molar-refractivity contribution in [2.45, 2.75) is 13.5 Å². The van der Waals surface area contributed by atoms with E-state index in [1.165, 1.54) is 6.07 Å². The maximum absolute atomic E-state index is 14.5. The lowest BCUT2D eigenvalue weighted by molar-refractivity contribution is 0.0629. The van der Waals surface area contributed by atoms with E-state index in [1.54, 1.807) is 45.4 Å². The van der Waals surface area contributed by atoms with Crippen molar-refractivity contribution in [3.63, 3.8) is 0 Å². The minimum atomic E-state index is -0.416. The Hall–Kier alpha value is -3.98. The highest BCUT2D eigenvalue weighted by atomic mass is 19.1. The second kappa shape index (κ2) is 9.94. The van der Waals surface area contributed by atoms with Crippen LogP contribution >= 0.6 is 0 Å². The van der Waals surface area contributed by atoms with Crippen LogP contribution in [0, 0.1) is 12.7 Å². The number of piperazine rings is 1. The van der Waals surface area contributed by atoms with Crippen molar-refractivity contribution in [1.82, 2.24) is 19.9 Å². The molecule has 0 spiro atoms. The molecule has 0 atom stereocenters. The van der Waals surface area contributed by atoms with Gasteiger partial charge in [-0.15, -0.1) is 0 Å². The fraction of sp³-hybridized carbons (Fsp3) is 0.296. The van der Waals surface area contributed by atoms with Crippen LogP contribution in [0.15, 0.2) is 53.1 Å². The van der Waals surface area contributed by atoms with Gasteiger partial charge >= 0.3 is 0 Å². The van der Waals surface area contributed by atoms with E-state index in [-0.39, 0.29) is 11.6 Å². The summed E-state index contributed by atoms with van der Waals surface area (Å²) in [5.41, 5.74) is 2.88. The van der Waals surface area contributed by atoms with Crippen molar-refractivity contribution >= 4 is 17.0 Å². The van der Waals surface area contributed by atoms with E-state index in [2.05, 4.69) is 15.0 Å². The average Bonchev–Trinajstić information content (AvgIpc) is 3.29. The standard InChI is InChI=1S/C27H27FN4O4/c1-17-25-21(15-23(29-26(25)36-30-17)20-6-4-5-7-22(20)28)27(33)32-12-10-31(11-13-32)16-18-14-19(34-2)8-9-24(18)35-3/h4-9,14-15H,10-13,16H2,1-3H3. The third kappa shape index (κ3) is 4.49. The first kappa shape index (κ1) is 23.7. The van der Waals surface area contributed by atoms with Gasteiger partial charge in [0.05, 0.1) is 36.6 Å². The van der Waals surface area contributed by atoms with Gasteiger partial charge in [-0.1, -0.05) is 17.3 Å². The maximum atomic E-state index is 14.5. The quantitative estimate of drug-likeness (QED) is 0.398. The number of ether oxygens (including phenoxy) is 2.